The summed E-state index contributed by atoms with van der Waals surface area (Å²) in [5.41, 5.74) is 6.82. The van der Waals surface area contributed by atoms with Gasteiger partial charge in [-0.1, -0.05) is 11.6 Å². The van der Waals surface area contributed by atoms with Crippen LogP contribution in [0.1, 0.15) is 5.82 Å². The van der Waals surface area contributed by atoms with Gasteiger partial charge >= 0.3 is 0 Å². The number of nitrogens with zero attached hydrogens (tertiary/aromatic N) is 4. The summed E-state index contributed by atoms with van der Waals surface area (Å²) in [5, 5.41) is 10.3. The minimum atomic E-state index is -3.27. The first-order chi connectivity index (χ1) is 10.8. The standard InChI is InChI=1S/C12H12ClN7O2S/c1-23(21,22)6-2-3-7-8(4-6)17-9(16-7)5-15-12-18-11(14)10(13)19-20-12/h2-4H,5H2,1H3,(H,16,17)(H3,14,15,18,20). The summed E-state index contributed by atoms with van der Waals surface area (Å²) < 4.78 is 23.1. The zero-order chi connectivity index (χ0) is 16.6. The quantitative estimate of drug-likeness (QED) is 0.631. The number of nitrogens with one attached hydrogen (secondary N) is 2. The SMILES string of the molecule is CS(=O)(=O)c1ccc2nc(CNc3nnc(Cl)c(N)n3)[nH]c2c1. The molecule has 0 saturated carbocycles. The Morgan fingerprint density at radius 1 is 1.30 bits per heavy atom. The number of nitrogen functional groups attached to an aromatic ring is 1. The van der Waals surface area contributed by atoms with Crippen LogP contribution in [-0.4, -0.2) is 39.8 Å². The van der Waals surface area contributed by atoms with Crippen LogP contribution in [0.2, 0.25) is 5.15 Å². The van der Waals surface area contributed by atoms with Crippen LogP contribution in [0.25, 0.3) is 11.0 Å². The number of aromatic amines is 1. The van der Waals surface area contributed by atoms with Gasteiger partial charge in [0, 0.05) is 6.26 Å². The van der Waals surface area contributed by atoms with Crippen LogP contribution in [0.4, 0.5) is 11.8 Å². The van der Waals surface area contributed by atoms with Gasteiger partial charge in [-0.3, -0.25) is 0 Å². The second-order valence-electron chi connectivity index (χ2n) is 4.80. The molecule has 0 aliphatic carbocycles. The van der Waals surface area contributed by atoms with Crippen LogP contribution in [-0.2, 0) is 16.4 Å². The van der Waals surface area contributed by atoms with Gasteiger partial charge < -0.3 is 16.0 Å². The minimum Gasteiger partial charge on any atom is -0.381 e. The van der Waals surface area contributed by atoms with Gasteiger partial charge in [0.2, 0.25) is 5.95 Å². The molecule has 0 spiro atoms. The smallest absolute Gasteiger partial charge is 0.245 e. The number of sulfone groups is 1. The molecule has 1 aromatic carbocycles. The lowest BCUT2D eigenvalue weighted by Crippen LogP contribution is -2.07. The molecule has 9 nitrogen and oxygen atoms in total. The lowest BCUT2D eigenvalue weighted by molar-refractivity contribution is 0.602. The van der Waals surface area contributed by atoms with E-state index in [1.165, 1.54) is 6.07 Å². The van der Waals surface area contributed by atoms with Crippen molar-refractivity contribution in [2.45, 2.75) is 11.4 Å². The predicted octanol–water partition coefficient (Wildman–Crippen LogP) is 0.999. The Hall–Kier alpha value is -2.46. The Labute approximate surface area is 136 Å². The maximum Gasteiger partial charge on any atom is 0.245 e. The molecule has 0 unspecified atom stereocenters. The Kier molecular flexibility index (Phi) is 3.78. The lowest BCUT2D eigenvalue weighted by Gasteiger charge is -2.02. The molecule has 4 N–H and O–H groups in total. The van der Waals surface area contributed by atoms with E-state index in [0.717, 1.165) is 6.26 Å². The maximum atomic E-state index is 11.6. The van der Waals surface area contributed by atoms with Gasteiger partial charge in [0.05, 0.1) is 22.5 Å². The number of hydrogen-bond donors (Lipinski definition) is 3. The van der Waals surface area contributed by atoms with E-state index in [0.29, 0.717) is 16.9 Å². The number of hydrogen-bond acceptors (Lipinski definition) is 8. The molecule has 23 heavy (non-hydrogen) atoms. The zero-order valence-electron chi connectivity index (χ0n) is 11.9. The highest BCUT2D eigenvalue weighted by molar-refractivity contribution is 7.90. The van der Waals surface area contributed by atoms with Gasteiger partial charge in [0.25, 0.3) is 0 Å². The molecule has 0 aliphatic heterocycles. The van der Waals surface area contributed by atoms with Gasteiger partial charge in [0.15, 0.2) is 20.8 Å². The summed E-state index contributed by atoms with van der Waals surface area (Å²) in [7, 11) is -3.27. The number of imidazole rings is 1. The fraction of sp³-hybridized carbons (Fsp3) is 0.167. The molecule has 0 amide bonds. The summed E-state index contributed by atoms with van der Waals surface area (Å²) in [5.74, 6) is 0.874. The highest BCUT2D eigenvalue weighted by Gasteiger charge is 2.10. The van der Waals surface area contributed by atoms with Crippen LogP contribution >= 0.6 is 11.6 Å². The fourth-order valence-electron chi connectivity index (χ4n) is 1.92. The van der Waals surface area contributed by atoms with Crippen molar-refractivity contribution < 1.29 is 8.42 Å². The molecule has 0 bridgehead atoms. The first-order valence-electron chi connectivity index (χ1n) is 6.41. The van der Waals surface area contributed by atoms with Crippen LogP contribution in [0, 0.1) is 0 Å². The van der Waals surface area contributed by atoms with Crippen molar-refractivity contribution in [3.63, 3.8) is 0 Å². The van der Waals surface area contributed by atoms with E-state index in [-0.39, 0.29) is 28.4 Å². The number of nitrogens with two attached hydrogens (primary N) is 1. The van der Waals surface area contributed by atoms with E-state index in [2.05, 4.69) is 30.5 Å². The third-order valence-electron chi connectivity index (χ3n) is 3.01. The molecule has 2 aromatic heterocycles. The van der Waals surface area contributed by atoms with E-state index in [1.807, 2.05) is 0 Å². The molecule has 120 valence electrons. The number of H-pyrrole nitrogens is 1. The molecular formula is C12H12ClN7O2S. The topological polar surface area (TPSA) is 140 Å². The number of rotatable bonds is 4. The number of fused-ring (bicyclic) bond motifs is 1. The van der Waals surface area contributed by atoms with Crippen LogP contribution in [0.15, 0.2) is 23.1 Å². The highest BCUT2D eigenvalue weighted by Crippen LogP contribution is 2.18. The summed E-state index contributed by atoms with van der Waals surface area (Å²) >= 11 is 5.65. The molecule has 3 aromatic rings. The third kappa shape index (κ3) is 3.32. The Balaban J connectivity index is 1.82. The van der Waals surface area contributed by atoms with Crippen LogP contribution in [0.3, 0.4) is 0 Å². The van der Waals surface area contributed by atoms with Crippen molar-refractivity contribution in [2.75, 3.05) is 17.3 Å². The molecule has 0 fully saturated rings. The molecule has 0 aliphatic rings. The van der Waals surface area contributed by atoms with Crippen molar-refractivity contribution >= 4 is 44.2 Å². The Morgan fingerprint density at radius 3 is 2.78 bits per heavy atom. The monoisotopic (exact) mass is 353 g/mol. The van der Waals surface area contributed by atoms with E-state index in [1.54, 1.807) is 12.1 Å². The average Bonchev–Trinajstić information content (AvgIpc) is 2.89. The van der Waals surface area contributed by atoms with Gasteiger partial charge in [-0.2, -0.15) is 4.98 Å². The summed E-state index contributed by atoms with van der Waals surface area (Å²) in [6.45, 7) is 0.283. The first kappa shape index (κ1) is 15.4. The molecular weight excluding hydrogens is 342 g/mol. The summed E-state index contributed by atoms with van der Waals surface area (Å²) in [6.07, 6.45) is 1.16. The molecule has 3 rings (SSSR count). The molecule has 2 heterocycles. The summed E-state index contributed by atoms with van der Waals surface area (Å²) in [4.78, 5) is 11.5. The van der Waals surface area contributed by atoms with Gasteiger partial charge in [-0.15, -0.1) is 10.2 Å². The van der Waals surface area contributed by atoms with E-state index >= 15 is 0 Å². The predicted molar refractivity (Wildman–Crippen MR) is 85.8 cm³/mol. The van der Waals surface area contributed by atoms with Crippen LogP contribution in [0.5, 0.6) is 0 Å². The summed E-state index contributed by atoms with van der Waals surface area (Å²) in [6, 6.07) is 4.70. The number of aromatic nitrogens is 5. The van der Waals surface area contributed by atoms with Crippen molar-refractivity contribution in [3.05, 3.63) is 29.2 Å². The zero-order valence-corrected chi connectivity index (χ0v) is 13.5. The molecule has 0 atom stereocenters. The van der Waals surface area contributed by atoms with Gasteiger partial charge in [0.1, 0.15) is 5.82 Å². The Morgan fingerprint density at radius 2 is 2.09 bits per heavy atom. The first-order valence-corrected chi connectivity index (χ1v) is 8.68. The van der Waals surface area contributed by atoms with Crippen molar-refractivity contribution in [3.8, 4) is 0 Å². The van der Waals surface area contributed by atoms with E-state index in [4.69, 9.17) is 17.3 Å². The minimum absolute atomic E-state index is 0.0348. The van der Waals surface area contributed by atoms with Crippen molar-refractivity contribution in [2.24, 2.45) is 0 Å². The van der Waals surface area contributed by atoms with Crippen LogP contribution < -0.4 is 11.1 Å². The lowest BCUT2D eigenvalue weighted by atomic mass is 10.3. The second kappa shape index (κ2) is 5.63. The van der Waals surface area contributed by atoms with Gasteiger partial charge in [-0.05, 0) is 18.2 Å². The van der Waals surface area contributed by atoms with Gasteiger partial charge in [-0.25, -0.2) is 13.4 Å². The van der Waals surface area contributed by atoms with E-state index in [9.17, 15) is 8.42 Å². The average molecular weight is 354 g/mol. The maximum absolute atomic E-state index is 11.6. The van der Waals surface area contributed by atoms with Crippen molar-refractivity contribution in [1.29, 1.82) is 0 Å². The normalized spacial score (nSPS) is 11.7. The molecule has 0 saturated heterocycles. The second-order valence-corrected chi connectivity index (χ2v) is 7.17. The Bertz CT molecular complexity index is 986. The number of benzene rings is 1. The molecule has 0 radical (unpaired) electrons. The number of anilines is 2. The largest absolute Gasteiger partial charge is 0.381 e. The van der Waals surface area contributed by atoms with E-state index < -0.39 is 9.84 Å². The fourth-order valence-corrected chi connectivity index (χ4v) is 2.65. The number of halogens is 1. The third-order valence-corrected chi connectivity index (χ3v) is 4.39. The highest BCUT2D eigenvalue weighted by atomic mass is 35.5. The molecule has 11 heteroatoms. The van der Waals surface area contributed by atoms with Crippen molar-refractivity contribution in [1.82, 2.24) is 25.1 Å².